The predicted molar refractivity (Wildman–Crippen MR) is 72.5 cm³/mol. The Labute approximate surface area is 108 Å². The Morgan fingerprint density at radius 2 is 2.06 bits per heavy atom. The molecule has 0 amide bonds. The van der Waals surface area contributed by atoms with E-state index in [1.165, 1.54) is 17.5 Å². The lowest BCUT2D eigenvalue weighted by atomic mass is 9.88. The first-order valence-corrected chi connectivity index (χ1v) is 6.54. The van der Waals surface area contributed by atoms with Crippen molar-refractivity contribution in [1.29, 1.82) is 0 Å². The number of aryl methyl sites for hydroxylation is 2. The smallest absolute Gasteiger partial charge is 0.0629 e. The normalized spacial score (nSPS) is 23.4. The third kappa shape index (κ3) is 1.95. The Morgan fingerprint density at radius 3 is 2.72 bits per heavy atom. The highest BCUT2D eigenvalue weighted by atomic mass is 15.2. The van der Waals surface area contributed by atoms with Gasteiger partial charge in [-0.3, -0.25) is 4.68 Å². The van der Waals surface area contributed by atoms with Gasteiger partial charge in [0.05, 0.1) is 5.69 Å². The highest BCUT2D eigenvalue weighted by Crippen LogP contribution is 2.38. The minimum atomic E-state index is 0.425. The molecule has 1 aliphatic heterocycles. The number of nitrogens with one attached hydrogen (secondary N) is 1. The van der Waals surface area contributed by atoms with Gasteiger partial charge in [-0.2, -0.15) is 5.10 Å². The van der Waals surface area contributed by atoms with Crippen LogP contribution < -0.4 is 5.32 Å². The van der Waals surface area contributed by atoms with E-state index in [-0.39, 0.29) is 0 Å². The maximum atomic E-state index is 4.47. The first-order valence-electron chi connectivity index (χ1n) is 6.54. The standard InChI is InChI=1S/C15H19N3/c1-11-14(10-18(2)17-11)13-8-9-16-15(13)12-6-4-3-5-7-12/h3-7,10,13,15-16H,8-9H2,1-2H3. The molecule has 2 unspecified atom stereocenters. The minimum absolute atomic E-state index is 0.425. The van der Waals surface area contributed by atoms with Crippen LogP contribution in [0.3, 0.4) is 0 Å². The second kappa shape index (κ2) is 4.58. The summed E-state index contributed by atoms with van der Waals surface area (Å²) in [5.74, 6) is 0.543. The van der Waals surface area contributed by atoms with Crippen LogP contribution in [0.4, 0.5) is 0 Å². The molecule has 1 fully saturated rings. The van der Waals surface area contributed by atoms with Crippen LogP contribution in [0.2, 0.25) is 0 Å². The van der Waals surface area contributed by atoms with Gasteiger partial charge < -0.3 is 5.32 Å². The molecule has 2 atom stereocenters. The van der Waals surface area contributed by atoms with E-state index in [2.05, 4.69) is 53.9 Å². The minimum Gasteiger partial charge on any atom is -0.309 e. The van der Waals surface area contributed by atoms with Crippen molar-refractivity contribution >= 4 is 0 Å². The highest BCUT2D eigenvalue weighted by molar-refractivity contribution is 5.30. The van der Waals surface area contributed by atoms with Crippen molar-refractivity contribution in [3.05, 3.63) is 53.3 Å². The number of hydrogen-bond acceptors (Lipinski definition) is 2. The summed E-state index contributed by atoms with van der Waals surface area (Å²) >= 11 is 0. The number of rotatable bonds is 2. The molecule has 2 aromatic rings. The van der Waals surface area contributed by atoms with Crippen LogP contribution in [0.1, 0.15) is 35.2 Å². The van der Waals surface area contributed by atoms with Crippen LogP contribution in [-0.4, -0.2) is 16.3 Å². The average molecular weight is 241 g/mol. The quantitative estimate of drug-likeness (QED) is 0.875. The highest BCUT2D eigenvalue weighted by Gasteiger charge is 2.31. The Kier molecular flexibility index (Phi) is 2.92. The zero-order valence-corrected chi connectivity index (χ0v) is 10.9. The van der Waals surface area contributed by atoms with Crippen LogP contribution >= 0.6 is 0 Å². The van der Waals surface area contributed by atoms with Gasteiger partial charge in [-0.15, -0.1) is 0 Å². The molecular weight excluding hydrogens is 222 g/mol. The zero-order chi connectivity index (χ0) is 12.5. The van der Waals surface area contributed by atoms with Gasteiger partial charge >= 0.3 is 0 Å². The van der Waals surface area contributed by atoms with Crippen molar-refractivity contribution in [2.45, 2.75) is 25.3 Å². The molecule has 0 spiro atoms. The Bertz CT molecular complexity index is 530. The van der Waals surface area contributed by atoms with Crippen molar-refractivity contribution < 1.29 is 0 Å². The molecule has 18 heavy (non-hydrogen) atoms. The van der Waals surface area contributed by atoms with Gasteiger partial charge in [0.15, 0.2) is 0 Å². The Balaban J connectivity index is 1.95. The summed E-state index contributed by atoms with van der Waals surface area (Å²) in [6, 6.07) is 11.1. The molecule has 94 valence electrons. The van der Waals surface area contributed by atoms with Crippen LogP contribution in [-0.2, 0) is 7.05 Å². The van der Waals surface area contributed by atoms with Crippen LogP contribution in [0.5, 0.6) is 0 Å². The van der Waals surface area contributed by atoms with Gasteiger partial charge in [0.2, 0.25) is 0 Å². The molecule has 1 N–H and O–H groups in total. The fourth-order valence-electron chi connectivity index (χ4n) is 3.03. The molecule has 1 aliphatic rings. The second-order valence-electron chi connectivity index (χ2n) is 5.08. The summed E-state index contributed by atoms with van der Waals surface area (Å²) < 4.78 is 1.92. The molecule has 0 aliphatic carbocycles. The van der Waals surface area contributed by atoms with Crippen molar-refractivity contribution in [3.8, 4) is 0 Å². The third-order valence-corrected chi connectivity index (χ3v) is 3.83. The molecule has 3 heteroatoms. The Morgan fingerprint density at radius 1 is 1.28 bits per heavy atom. The second-order valence-corrected chi connectivity index (χ2v) is 5.08. The lowest BCUT2D eigenvalue weighted by Crippen LogP contribution is -2.17. The van der Waals surface area contributed by atoms with E-state index in [0.29, 0.717) is 12.0 Å². The summed E-state index contributed by atoms with van der Waals surface area (Å²) in [5.41, 5.74) is 3.92. The Hall–Kier alpha value is -1.61. The van der Waals surface area contributed by atoms with Crippen LogP contribution in [0.15, 0.2) is 36.5 Å². The maximum absolute atomic E-state index is 4.47. The van der Waals surface area contributed by atoms with E-state index in [9.17, 15) is 0 Å². The SMILES string of the molecule is Cc1nn(C)cc1C1CCNC1c1ccccc1. The van der Waals surface area contributed by atoms with Gasteiger partial charge in [0, 0.05) is 25.2 Å². The number of hydrogen-bond donors (Lipinski definition) is 1. The molecular formula is C15H19N3. The van der Waals surface area contributed by atoms with E-state index in [0.717, 1.165) is 12.2 Å². The van der Waals surface area contributed by atoms with Crippen LogP contribution in [0, 0.1) is 6.92 Å². The lowest BCUT2D eigenvalue weighted by Gasteiger charge is -2.19. The molecule has 0 saturated carbocycles. The van der Waals surface area contributed by atoms with Gasteiger partial charge in [0.1, 0.15) is 0 Å². The third-order valence-electron chi connectivity index (χ3n) is 3.83. The van der Waals surface area contributed by atoms with Gasteiger partial charge in [-0.1, -0.05) is 30.3 Å². The van der Waals surface area contributed by atoms with E-state index in [1.807, 2.05) is 11.7 Å². The summed E-state index contributed by atoms with van der Waals surface area (Å²) in [7, 11) is 2.00. The van der Waals surface area contributed by atoms with Gasteiger partial charge in [-0.25, -0.2) is 0 Å². The van der Waals surface area contributed by atoms with Crippen molar-refractivity contribution in [3.63, 3.8) is 0 Å². The topological polar surface area (TPSA) is 29.9 Å². The molecule has 0 bridgehead atoms. The average Bonchev–Trinajstić information content (AvgIpc) is 2.96. The number of nitrogens with zero attached hydrogens (tertiary/aromatic N) is 2. The first-order chi connectivity index (χ1) is 8.75. The summed E-state index contributed by atoms with van der Waals surface area (Å²) in [6.07, 6.45) is 3.36. The molecule has 2 heterocycles. The summed E-state index contributed by atoms with van der Waals surface area (Å²) in [6.45, 7) is 3.19. The van der Waals surface area contributed by atoms with E-state index in [4.69, 9.17) is 0 Å². The van der Waals surface area contributed by atoms with Crippen molar-refractivity contribution in [2.24, 2.45) is 7.05 Å². The largest absolute Gasteiger partial charge is 0.309 e. The molecule has 0 radical (unpaired) electrons. The van der Waals surface area contributed by atoms with Gasteiger partial charge in [0.25, 0.3) is 0 Å². The number of aromatic nitrogens is 2. The molecule has 3 rings (SSSR count). The van der Waals surface area contributed by atoms with Crippen molar-refractivity contribution in [1.82, 2.24) is 15.1 Å². The fourth-order valence-corrected chi connectivity index (χ4v) is 3.03. The van der Waals surface area contributed by atoms with Crippen LogP contribution in [0.25, 0.3) is 0 Å². The fraction of sp³-hybridized carbons (Fsp3) is 0.400. The number of benzene rings is 1. The summed E-state index contributed by atoms with van der Waals surface area (Å²) in [4.78, 5) is 0. The molecule has 1 saturated heterocycles. The van der Waals surface area contributed by atoms with Gasteiger partial charge in [-0.05, 0) is 31.0 Å². The molecule has 3 nitrogen and oxygen atoms in total. The van der Waals surface area contributed by atoms with E-state index < -0.39 is 0 Å². The first kappa shape index (κ1) is 11.5. The molecule has 1 aromatic heterocycles. The van der Waals surface area contributed by atoms with E-state index >= 15 is 0 Å². The maximum Gasteiger partial charge on any atom is 0.0629 e. The zero-order valence-electron chi connectivity index (χ0n) is 10.9. The van der Waals surface area contributed by atoms with E-state index in [1.54, 1.807) is 0 Å². The van der Waals surface area contributed by atoms with Crippen molar-refractivity contribution in [2.75, 3.05) is 6.54 Å². The predicted octanol–water partition coefficient (Wildman–Crippen LogP) is 2.55. The molecule has 1 aromatic carbocycles. The lowest BCUT2D eigenvalue weighted by molar-refractivity contribution is 0.575. The summed E-state index contributed by atoms with van der Waals surface area (Å²) in [5, 5.41) is 8.09. The monoisotopic (exact) mass is 241 g/mol.